The molecule has 1 rings (SSSR count). The molecule has 0 amide bonds. The van der Waals surface area contributed by atoms with E-state index >= 15 is 0 Å². The zero-order valence-electron chi connectivity index (χ0n) is 11.5. The Morgan fingerprint density at radius 2 is 2.06 bits per heavy atom. The van der Waals surface area contributed by atoms with Crippen LogP contribution < -0.4 is 5.32 Å². The van der Waals surface area contributed by atoms with E-state index in [9.17, 15) is 0 Å². The lowest BCUT2D eigenvalue weighted by Gasteiger charge is -2.52. The third-order valence-corrected chi connectivity index (χ3v) is 3.97. The Labute approximate surface area is 101 Å². The van der Waals surface area contributed by atoms with Gasteiger partial charge in [0.15, 0.2) is 0 Å². The highest BCUT2D eigenvalue weighted by Crippen LogP contribution is 2.42. The van der Waals surface area contributed by atoms with Gasteiger partial charge in [0, 0.05) is 31.2 Å². The van der Waals surface area contributed by atoms with E-state index in [0.29, 0.717) is 17.6 Å². The molecular formula is C13H28N2O. The molecule has 0 saturated heterocycles. The van der Waals surface area contributed by atoms with Crippen LogP contribution in [0.3, 0.4) is 0 Å². The molecule has 3 nitrogen and oxygen atoms in total. The summed E-state index contributed by atoms with van der Waals surface area (Å²) in [5, 5.41) is 3.64. The van der Waals surface area contributed by atoms with Gasteiger partial charge in [0.2, 0.25) is 0 Å². The summed E-state index contributed by atoms with van der Waals surface area (Å²) in [5.74, 6) is 0. The first-order valence-electron chi connectivity index (χ1n) is 6.55. The molecule has 2 atom stereocenters. The van der Waals surface area contributed by atoms with E-state index in [2.05, 4.69) is 45.0 Å². The molecule has 1 N–H and O–H groups in total. The molecule has 1 saturated carbocycles. The first-order valence-corrected chi connectivity index (χ1v) is 6.55. The number of rotatable bonds is 7. The number of nitrogens with one attached hydrogen (secondary N) is 1. The molecule has 0 aromatic carbocycles. The molecule has 0 aliphatic heterocycles. The van der Waals surface area contributed by atoms with Gasteiger partial charge in [-0.1, -0.05) is 20.8 Å². The van der Waals surface area contributed by atoms with Crippen molar-refractivity contribution in [2.24, 2.45) is 5.41 Å². The summed E-state index contributed by atoms with van der Waals surface area (Å²) in [5.41, 5.74) is 0.292. The fraction of sp³-hybridized carbons (Fsp3) is 1.00. The summed E-state index contributed by atoms with van der Waals surface area (Å²) in [7, 11) is 2.16. The van der Waals surface area contributed by atoms with Gasteiger partial charge in [-0.05, 0) is 26.9 Å². The van der Waals surface area contributed by atoms with Crippen molar-refractivity contribution in [2.45, 2.75) is 46.3 Å². The Morgan fingerprint density at radius 1 is 1.38 bits per heavy atom. The van der Waals surface area contributed by atoms with Gasteiger partial charge in [0.25, 0.3) is 0 Å². The second-order valence-corrected chi connectivity index (χ2v) is 5.40. The highest BCUT2D eigenvalue weighted by molar-refractivity contribution is 5.02. The Hall–Kier alpha value is -0.120. The van der Waals surface area contributed by atoms with E-state index in [0.717, 1.165) is 32.7 Å². The summed E-state index contributed by atoms with van der Waals surface area (Å²) < 4.78 is 5.72. The fourth-order valence-corrected chi connectivity index (χ4v) is 2.30. The van der Waals surface area contributed by atoms with Crippen molar-refractivity contribution in [1.82, 2.24) is 10.2 Å². The van der Waals surface area contributed by atoms with E-state index in [1.807, 2.05) is 0 Å². The number of ether oxygens (including phenoxy) is 1. The Morgan fingerprint density at radius 3 is 2.56 bits per heavy atom. The van der Waals surface area contributed by atoms with Crippen molar-refractivity contribution < 1.29 is 4.74 Å². The highest BCUT2D eigenvalue weighted by Gasteiger charge is 2.48. The predicted octanol–water partition coefficient (Wildman–Crippen LogP) is 1.73. The summed E-state index contributed by atoms with van der Waals surface area (Å²) in [4.78, 5) is 2.33. The molecule has 2 unspecified atom stereocenters. The lowest BCUT2D eigenvalue weighted by molar-refractivity contribution is -0.114. The summed E-state index contributed by atoms with van der Waals surface area (Å²) in [6.45, 7) is 13.0. The number of hydrogen-bond donors (Lipinski definition) is 1. The molecule has 96 valence electrons. The lowest BCUT2D eigenvalue weighted by atomic mass is 9.64. The Kier molecular flexibility index (Phi) is 5.22. The fourth-order valence-electron chi connectivity index (χ4n) is 2.30. The van der Waals surface area contributed by atoms with E-state index in [1.54, 1.807) is 0 Å². The van der Waals surface area contributed by atoms with Crippen LogP contribution in [0, 0.1) is 5.41 Å². The number of likely N-dealkylation sites (N-methyl/N-ethyl adjacent to an activating group) is 1. The third kappa shape index (κ3) is 3.19. The van der Waals surface area contributed by atoms with Crippen LogP contribution in [-0.2, 0) is 4.74 Å². The minimum Gasteiger partial charge on any atom is -0.378 e. The van der Waals surface area contributed by atoms with Crippen LogP contribution >= 0.6 is 0 Å². The normalized spacial score (nSPS) is 28.1. The Balaban J connectivity index is 2.20. The maximum atomic E-state index is 5.72. The van der Waals surface area contributed by atoms with Crippen LogP contribution in [0.2, 0.25) is 0 Å². The molecule has 0 heterocycles. The summed E-state index contributed by atoms with van der Waals surface area (Å²) in [6.07, 6.45) is 1.61. The van der Waals surface area contributed by atoms with E-state index in [1.165, 1.54) is 0 Å². The van der Waals surface area contributed by atoms with Crippen molar-refractivity contribution in [3.05, 3.63) is 0 Å². The topological polar surface area (TPSA) is 24.5 Å². The van der Waals surface area contributed by atoms with E-state index in [4.69, 9.17) is 4.74 Å². The number of nitrogens with zero attached hydrogens (tertiary/aromatic N) is 1. The smallest absolute Gasteiger partial charge is 0.0655 e. The van der Waals surface area contributed by atoms with Crippen molar-refractivity contribution >= 4 is 0 Å². The summed E-state index contributed by atoms with van der Waals surface area (Å²) >= 11 is 0. The van der Waals surface area contributed by atoms with Gasteiger partial charge in [-0.2, -0.15) is 0 Å². The quantitative estimate of drug-likeness (QED) is 0.718. The minimum atomic E-state index is 0.292. The van der Waals surface area contributed by atoms with Crippen LogP contribution in [-0.4, -0.2) is 50.3 Å². The second kappa shape index (κ2) is 5.99. The van der Waals surface area contributed by atoms with Gasteiger partial charge >= 0.3 is 0 Å². The molecule has 0 radical (unpaired) electrons. The van der Waals surface area contributed by atoms with Gasteiger partial charge in [0.05, 0.1) is 6.10 Å². The largest absolute Gasteiger partial charge is 0.378 e. The number of hydrogen-bond acceptors (Lipinski definition) is 3. The monoisotopic (exact) mass is 228 g/mol. The maximum Gasteiger partial charge on any atom is 0.0655 e. The van der Waals surface area contributed by atoms with E-state index in [-0.39, 0.29) is 0 Å². The molecule has 0 bridgehead atoms. The third-order valence-electron chi connectivity index (χ3n) is 3.97. The molecule has 0 spiro atoms. The van der Waals surface area contributed by atoms with Crippen LogP contribution in [0.4, 0.5) is 0 Å². The lowest BCUT2D eigenvalue weighted by Crippen LogP contribution is -2.61. The molecule has 0 aromatic rings. The van der Waals surface area contributed by atoms with Gasteiger partial charge in [-0.15, -0.1) is 0 Å². The first-order chi connectivity index (χ1) is 7.52. The first kappa shape index (κ1) is 13.9. The van der Waals surface area contributed by atoms with Gasteiger partial charge < -0.3 is 15.0 Å². The average molecular weight is 228 g/mol. The van der Waals surface area contributed by atoms with Crippen LogP contribution in [0.25, 0.3) is 0 Å². The Bertz CT molecular complexity index is 206. The molecule has 1 aliphatic rings. The molecule has 0 aromatic heterocycles. The predicted molar refractivity (Wildman–Crippen MR) is 68.8 cm³/mol. The molecule has 1 fully saturated rings. The van der Waals surface area contributed by atoms with Crippen LogP contribution in [0.1, 0.15) is 34.1 Å². The van der Waals surface area contributed by atoms with Crippen molar-refractivity contribution in [1.29, 1.82) is 0 Å². The molecule has 16 heavy (non-hydrogen) atoms. The summed E-state index contributed by atoms with van der Waals surface area (Å²) in [6, 6.07) is 0.620. The zero-order chi connectivity index (χ0) is 12.2. The van der Waals surface area contributed by atoms with Crippen molar-refractivity contribution in [3.63, 3.8) is 0 Å². The standard InChI is InChI=1S/C13H28N2O/c1-6-15(5)9-8-14-11-10-12(16-7-2)13(11,3)4/h11-12,14H,6-10H2,1-5H3. The molecular weight excluding hydrogens is 200 g/mol. The van der Waals surface area contributed by atoms with E-state index < -0.39 is 0 Å². The zero-order valence-corrected chi connectivity index (χ0v) is 11.5. The van der Waals surface area contributed by atoms with Gasteiger partial charge in [-0.3, -0.25) is 0 Å². The van der Waals surface area contributed by atoms with Crippen molar-refractivity contribution in [2.75, 3.05) is 33.3 Å². The van der Waals surface area contributed by atoms with Crippen LogP contribution in [0.5, 0.6) is 0 Å². The minimum absolute atomic E-state index is 0.292. The van der Waals surface area contributed by atoms with Crippen molar-refractivity contribution in [3.8, 4) is 0 Å². The molecule has 1 aliphatic carbocycles. The van der Waals surface area contributed by atoms with Gasteiger partial charge in [-0.25, -0.2) is 0 Å². The average Bonchev–Trinajstić information content (AvgIpc) is 2.26. The molecule has 3 heteroatoms. The highest BCUT2D eigenvalue weighted by atomic mass is 16.5. The second-order valence-electron chi connectivity index (χ2n) is 5.40. The van der Waals surface area contributed by atoms with Gasteiger partial charge in [0.1, 0.15) is 0 Å². The maximum absolute atomic E-state index is 5.72. The SMILES string of the molecule is CCOC1CC(NCCN(C)CC)C1(C)C. The van der Waals surface area contributed by atoms with Crippen LogP contribution in [0.15, 0.2) is 0 Å².